The highest BCUT2D eigenvalue weighted by atomic mass is 15.2. The molecule has 0 aliphatic carbocycles. The van der Waals surface area contributed by atoms with Crippen LogP contribution in [0.2, 0.25) is 0 Å². The van der Waals surface area contributed by atoms with Crippen LogP contribution in [-0.4, -0.2) is 9.97 Å². The number of pyridine rings is 2. The zero-order chi connectivity index (χ0) is 14.8. The Morgan fingerprint density at radius 2 is 1.86 bits per heavy atom. The van der Waals surface area contributed by atoms with E-state index in [-0.39, 0.29) is 6.04 Å². The van der Waals surface area contributed by atoms with Crippen molar-refractivity contribution in [2.45, 2.75) is 19.9 Å². The quantitative estimate of drug-likeness (QED) is 0.571. The van der Waals surface area contributed by atoms with Gasteiger partial charge in [-0.1, -0.05) is 24.3 Å². The lowest BCUT2D eigenvalue weighted by molar-refractivity contribution is 0.634. The van der Waals surface area contributed by atoms with Gasteiger partial charge in [0.1, 0.15) is 0 Å². The monoisotopic (exact) mass is 278 g/mol. The van der Waals surface area contributed by atoms with Gasteiger partial charge in [0.25, 0.3) is 0 Å². The number of fused-ring (bicyclic) bond motifs is 1. The molecule has 106 valence electrons. The van der Waals surface area contributed by atoms with Crippen LogP contribution in [0, 0.1) is 13.8 Å². The number of hydrogen-bond donors (Lipinski definition) is 2. The van der Waals surface area contributed by atoms with Gasteiger partial charge in [-0.05, 0) is 43.2 Å². The van der Waals surface area contributed by atoms with Crippen molar-refractivity contribution >= 4 is 10.9 Å². The van der Waals surface area contributed by atoms with Crippen LogP contribution in [0.25, 0.3) is 10.9 Å². The third-order valence-corrected chi connectivity index (χ3v) is 3.73. The van der Waals surface area contributed by atoms with E-state index in [1.807, 2.05) is 38.1 Å². The average molecular weight is 278 g/mol. The summed E-state index contributed by atoms with van der Waals surface area (Å²) in [5.74, 6) is 5.84. The Morgan fingerprint density at radius 1 is 1.00 bits per heavy atom. The molecule has 0 saturated carbocycles. The van der Waals surface area contributed by atoms with Crippen molar-refractivity contribution in [3.05, 3.63) is 71.2 Å². The summed E-state index contributed by atoms with van der Waals surface area (Å²) in [6.07, 6.45) is 1.80. The predicted octanol–water partition coefficient (Wildman–Crippen LogP) is 2.80. The van der Waals surface area contributed by atoms with Crippen molar-refractivity contribution in [2.24, 2.45) is 5.84 Å². The van der Waals surface area contributed by atoms with E-state index in [0.29, 0.717) is 0 Å². The number of nitrogens with two attached hydrogens (primary N) is 1. The molecule has 4 heteroatoms. The first-order valence-corrected chi connectivity index (χ1v) is 6.94. The van der Waals surface area contributed by atoms with Gasteiger partial charge in [0.2, 0.25) is 0 Å². The lowest BCUT2D eigenvalue weighted by Crippen LogP contribution is -2.29. The van der Waals surface area contributed by atoms with Crippen LogP contribution < -0.4 is 11.3 Å². The number of aromatic nitrogens is 2. The van der Waals surface area contributed by atoms with Gasteiger partial charge in [0.05, 0.1) is 11.6 Å². The number of hydrogen-bond acceptors (Lipinski definition) is 4. The van der Waals surface area contributed by atoms with Crippen LogP contribution in [0.5, 0.6) is 0 Å². The Hall–Kier alpha value is -2.30. The molecule has 0 amide bonds. The lowest BCUT2D eigenvalue weighted by atomic mass is 9.94. The summed E-state index contributed by atoms with van der Waals surface area (Å²) in [6.45, 7) is 4.00. The van der Waals surface area contributed by atoms with Crippen LogP contribution in [-0.2, 0) is 0 Å². The van der Waals surface area contributed by atoms with Crippen molar-refractivity contribution in [2.75, 3.05) is 0 Å². The number of nitrogens with one attached hydrogen (secondary N) is 1. The van der Waals surface area contributed by atoms with Gasteiger partial charge in [-0.25, -0.2) is 5.43 Å². The molecular formula is C17H18N4. The van der Waals surface area contributed by atoms with Gasteiger partial charge in [0, 0.05) is 23.0 Å². The largest absolute Gasteiger partial charge is 0.271 e. The number of nitrogens with zero attached hydrogens (tertiary/aromatic N) is 2. The zero-order valence-electron chi connectivity index (χ0n) is 12.2. The van der Waals surface area contributed by atoms with Crippen LogP contribution in [0.1, 0.15) is 28.6 Å². The molecule has 3 aromatic rings. The van der Waals surface area contributed by atoms with Crippen LogP contribution >= 0.6 is 0 Å². The summed E-state index contributed by atoms with van der Waals surface area (Å²) in [4.78, 5) is 8.94. The highest BCUT2D eigenvalue weighted by Crippen LogP contribution is 2.28. The van der Waals surface area contributed by atoms with Crippen molar-refractivity contribution in [1.29, 1.82) is 0 Å². The summed E-state index contributed by atoms with van der Waals surface area (Å²) in [7, 11) is 0. The molecule has 0 spiro atoms. The molecule has 2 aromatic heterocycles. The molecule has 2 heterocycles. The maximum absolute atomic E-state index is 5.84. The fraction of sp³-hybridized carbons (Fsp3) is 0.176. The second-order valence-electron chi connectivity index (χ2n) is 5.14. The van der Waals surface area contributed by atoms with Gasteiger partial charge in [-0.15, -0.1) is 0 Å². The lowest BCUT2D eigenvalue weighted by Gasteiger charge is -2.20. The maximum Gasteiger partial charge on any atom is 0.0734 e. The Balaban J connectivity index is 2.18. The predicted molar refractivity (Wildman–Crippen MR) is 84.6 cm³/mol. The summed E-state index contributed by atoms with van der Waals surface area (Å²) < 4.78 is 0. The molecule has 1 aromatic carbocycles. The molecule has 21 heavy (non-hydrogen) atoms. The first-order chi connectivity index (χ1) is 10.2. The molecule has 0 aliphatic rings. The smallest absolute Gasteiger partial charge is 0.0734 e. The minimum Gasteiger partial charge on any atom is -0.271 e. The molecular weight excluding hydrogens is 260 g/mol. The third kappa shape index (κ3) is 2.51. The van der Waals surface area contributed by atoms with E-state index in [1.54, 1.807) is 6.20 Å². The van der Waals surface area contributed by atoms with E-state index in [4.69, 9.17) is 5.84 Å². The van der Waals surface area contributed by atoms with E-state index < -0.39 is 0 Å². The highest BCUT2D eigenvalue weighted by molar-refractivity contribution is 5.83. The van der Waals surface area contributed by atoms with Gasteiger partial charge in [0.15, 0.2) is 0 Å². The van der Waals surface area contributed by atoms with Crippen LogP contribution in [0.4, 0.5) is 0 Å². The van der Waals surface area contributed by atoms with Gasteiger partial charge in [-0.3, -0.25) is 15.8 Å². The molecule has 0 radical (unpaired) electrons. The second kappa shape index (κ2) is 5.60. The number of hydrazine groups is 1. The molecule has 0 fully saturated rings. The molecule has 3 N–H and O–H groups in total. The van der Waals surface area contributed by atoms with E-state index in [1.165, 1.54) is 0 Å². The summed E-state index contributed by atoms with van der Waals surface area (Å²) >= 11 is 0. The van der Waals surface area contributed by atoms with Gasteiger partial charge in [-0.2, -0.15) is 0 Å². The summed E-state index contributed by atoms with van der Waals surface area (Å²) in [5, 5.41) is 1.10. The Labute approximate surface area is 124 Å². The Morgan fingerprint density at radius 3 is 2.62 bits per heavy atom. The number of aryl methyl sites for hydroxylation is 2. The summed E-state index contributed by atoms with van der Waals surface area (Å²) in [6, 6.07) is 14.1. The molecule has 0 aliphatic heterocycles. The Bertz CT molecular complexity index is 777. The van der Waals surface area contributed by atoms with E-state index >= 15 is 0 Å². The minimum atomic E-state index is -0.106. The Kier molecular flexibility index (Phi) is 3.64. The van der Waals surface area contributed by atoms with E-state index in [2.05, 4.69) is 33.6 Å². The molecule has 0 saturated heterocycles. The molecule has 4 nitrogen and oxygen atoms in total. The summed E-state index contributed by atoms with van der Waals surface area (Å²) in [5.41, 5.74) is 8.07. The third-order valence-electron chi connectivity index (χ3n) is 3.73. The SMILES string of the molecule is Cc1ccc(C(NN)c2cccc3ncccc23)c(C)n1. The van der Waals surface area contributed by atoms with Crippen LogP contribution in [0.15, 0.2) is 48.7 Å². The van der Waals surface area contributed by atoms with Crippen molar-refractivity contribution in [1.82, 2.24) is 15.4 Å². The first-order valence-electron chi connectivity index (χ1n) is 6.94. The van der Waals surface area contributed by atoms with E-state index in [9.17, 15) is 0 Å². The average Bonchev–Trinajstić information content (AvgIpc) is 2.50. The number of rotatable bonds is 3. The standard InChI is InChI=1S/C17H18N4/c1-11-8-9-13(12(2)20-11)17(21-18)15-5-3-7-16-14(15)6-4-10-19-16/h3-10,17,21H,18H2,1-2H3. The first kappa shape index (κ1) is 13.7. The second-order valence-corrected chi connectivity index (χ2v) is 5.14. The maximum atomic E-state index is 5.84. The minimum absolute atomic E-state index is 0.106. The zero-order valence-corrected chi connectivity index (χ0v) is 12.2. The van der Waals surface area contributed by atoms with Crippen molar-refractivity contribution in [3.8, 4) is 0 Å². The normalized spacial score (nSPS) is 12.5. The molecule has 1 unspecified atom stereocenters. The van der Waals surface area contributed by atoms with Crippen molar-refractivity contribution in [3.63, 3.8) is 0 Å². The van der Waals surface area contributed by atoms with Crippen molar-refractivity contribution < 1.29 is 0 Å². The van der Waals surface area contributed by atoms with Gasteiger partial charge < -0.3 is 0 Å². The fourth-order valence-corrected chi connectivity index (χ4v) is 2.73. The fourth-order valence-electron chi connectivity index (χ4n) is 2.73. The molecule has 0 bridgehead atoms. The van der Waals surface area contributed by atoms with Crippen LogP contribution in [0.3, 0.4) is 0 Å². The topological polar surface area (TPSA) is 63.8 Å². The number of benzene rings is 1. The highest BCUT2D eigenvalue weighted by Gasteiger charge is 2.17. The van der Waals surface area contributed by atoms with Gasteiger partial charge >= 0.3 is 0 Å². The molecule has 1 atom stereocenters. The molecule has 3 rings (SSSR count). The van der Waals surface area contributed by atoms with E-state index in [0.717, 1.165) is 33.4 Å².